The molecular weight excluding hydrogens is 282 g/mol. The molecule has 5 N–H and O–H groups in total. The largest absolute Gasteiger partial charge is 0.399 e. The highest BCUT2D eigenvalue weighted by atomic mass is 16.2. The quantitative estimate of drug-likeness (QED) is 0.646. The monoisotopic (exact) mass is 305 g/mol. The predicted molar refractivity (Wildman–Crippen MR) is 84.8 cm³/mol. The third kappa shape index (κ3) is 5.20. The van der Waals surface area contributed by atoms with Crippen LogP contribution in [0.15, 0.2) is 24.3 Å². The molecule has 120 valence electrons. The Labute approximate surface area is 130 Å². The minimum absolute atomic E-state index is 0.0255. The molecule has 2 amide bonds. The van der Waals surface area contributed by atoms with Crippen LogP contribution in [-0.2, 0) is 20.8 Å². The zero-order chi connectivity index (χ0) is 16.9. The van der Waals surface area contributed by atoms with E-state index in [2.05, 4.69) is 5.32 Å². The molecule has 0 aliphatic carbocycles. The summed E-state index contributed by atoms with van der Waals surface area (Å²) in [6, 6.07) is 6.38. The van der Waals surface area contributed by atoms with Gasteiger partial charge >= 0.3 is 0 Å². The molecule has 6 heteroatoms. The highest BCUT2D eigenvalue weighted by Crippen LogP contribution is 2.21. The predicted octanol–water partition coefficient (Wildman–Crippen LogP) is 0.787. The van der Waals surface area contributed by atoms with Gasteiger partial charge in [-0.25, -0.2) is 0 Å². The molecule has 0 saturated carbocycles. The molecule has 1 aromatic rings. The molecule has 0 bridgehead atoms. The number of anilines is 1. The summed E-state index contributed by atoms with van der Waals surface area (Å²) in [5, 5.41) is 2.63. The summed E-state index contributed by atoms with van der Waals surface area (Å²) < 4.78 is 0. The first-order chi connectivity index (χ1) is 10.1. The zero-order valence-electron chi connectivity index (χ0n) is 13.2. The van der Waals surface area contributed by atoms with E-state index in [0.29, 0.717) is 12.1 Å². The second-order valence-electron chi connectivity index (χ2n) is 6.09. The van der Waals surface area contributed by atoms with Gasteiger partial charge in [-0.3, -0.25) is 14.4 Å². The Balaban J connectivity index is 2.88. The number of hydrogen-bond acceptors (Lipinski definition) is 4. The van der Waals surface area contributed by atoms with Crippen LogP contribution in [0.1, 0.15) is 32.8 Å². The fraction of sp³-hybridized carbons (Fsp3) is 0.438. The van der Waals surface area contributed by atoms with Crippen LogP contribution in [0.4, 0.5) is 5.69 Å². The number of benzene rings is 1. The fourth-order valence-electron chi connectivity index (χ4n) is 2.03. The van der Waals surface area contributed by atoms with Crippen LogP contribution in [0.3, 0.4) is 0 Å². The normalized spacial score (nSPS) is 12.5. The van der Waals surface area contributed by atoms with E-state index < -0.39 is 17.4 Å². The van der Waals surface area contributed by atoms with Crippen molar-refractivity contribution in [2.45, 2.75) is 39.7 Å². The molecule has 0 saturated heterocycles. The van der Waals surface area contributed by atoms with Gasteiger partial charge < -0.3 is 16.8 Å². The number of carbonyl (C=O) groups is 3. The van der Waals surface area contributed by atoms with Crippen molar-refractivity contribution in [2.24, 2.45) is 11.1 Å². The number of Topliss-reactive ketones (excluding diaryl/α,β-unsaturated/α-hetero) is 1. The van der Waals surface area contributed by atoms with Crippen LogP contribution >= 0.6 is 0 Å². The molecule has 22 heavy (non-hydrogen) atoms. The van der Waals surface area contributed by atoms with Crippen LogP contribution in [0, 0.1) is 5.41 Å². The van der Waals surface area contributed by atoms with Gasteiger partial charge in [-0.1, -0.05) is 26.0 Å². The first-order valence-corrected chi connectivity index (χ1v) is 7.06. The van der Waals surface area contributed by atoms with Crippen molar-refractivity contribution in [3.63, 3.8) is 0 Å². The van der Waals surface area contributed by atoms with Gasteiger partial charge in [0, 0.05) is 19.0 Å². The lowest BCUT2D eigenvalue weighted by Gasteiger charge is -2.23. The van der Waals surface area contributed by atoms with E-state index in [1.807, 2.05) is 0 Å². The van der Waals surface area contributed by atoms with Gasteiger partial charge in [0.15, 0.2) is 5.78 Å². The van der Waals surface area contributed by atoms with Crippen LogP contribution in [0.25, 0.3) is 0 Å². The van der Waals surface area contributed by atoms with Gasteiger partial charge in [0.1, 0.15) is 0 Å². The summed E-state index contributed by atoms with van der Waals surface area (Å²) in [5.74, 6) is -1.07. The number of carbonyl (C=O) groups excluding carboxylic acids is 3. The maximum Gasteiger partial charge on any atom is 0.223 e. The van der Waals surface area contributed by atoms with Crippen molar-refractivity contribution >= 4 is 23.3 Å². The molecule has 0 radical (unpaired) electrons. The van der Waals surface area contributed by atoms with Crippen molar-refractivity contribution in [3.8, 4) is 0 Å². The molecular formula is C16H23N3O3. The molecule has 0 aromatic heterocycles. The van der Waals surface area contributed by atoms with Crippen molar-refractivity contribution in [2.75, 3.05) is 5.73 Å². The van der Waals surface area contributed by atoms with E-state index in [4.69, 9.17) is 11.5 Å². The smallest absolute Gasteiger partial charge is 0.223 e. The van der Waals surface area contributed by atoms with Gasteiger partial charge in [0.25, 0.3) is 0 Å². The summed E-state index contributed by atoms with van der Waals surface area (Å²) in [6.07, 6.45) is 0.315. The Hall–Kier alpha value is -2.37. The SMILES string of the molecule is CC(=O)N[C@@H](Cc1ccc(N)cc1)C(=O)CC(C)(C)C(N)=O. The molecule has 0 spiro atoms. The molecule has 0 aliphatic rings. The van der Waals surface area contributed by atoms with E-state index in [9.17, 15) is 14.4 Å². The first kappa shape index (κ1) is 17.7. The molecule has 1 rings (SSSR count). The molecule has 0 aliphatic heterocycles. The Morgan fingerprint density at radius 2 is 1.73 bits per heavy atom. The number of amides is 2. The van der Waals surface area contributed by atoms with E-state index >= 15 is 0 Å². The standard InChI is InChI=1S/C16H23N3O3/c1-10(20)19-13(8-11-4-6-12(17)7-5-11)14(21)9-16(2,3)15(18)22/h4-7,13H,8-9,17H2,1-3H3,(H2,18,22)(H,19,20)/t13-/m0/s1. The summed E-state index contributed by atoms with van der Waals surface area (Å²) in [5.41, 5.74) is 11.5. The maximum absolute atomic E-state index is 12.4. The van der Waals surface area contributed by atoms with E-state index in [1.165, 1.54) is 6.92 Å². The number of hydrogen-bond donors (Lipinski definition) is 3. The van der Waals surface area contributed by atoms with Gasteiger partial charge in [-0.2, -0.15) is 0 Å². The molecule has 6 nitrogen and oxygen atoms in total. The molecule has 1 atom stereocenters. The molecule has 0 heterocycles. The second kappa shape index (κ2) is 7.06. The minimum atomic E-state index is -0.949. The van der Waals surface area contributed by atoms with Crippen LogP contribution in [0.2, 0.25) is 0 Å². The summed E-state index contributed by atoms with van der Waals surface area (Å²) in [4.78, 5) is 35.1. The Kier molecular flexibility index (Phi) is 5.68. The molecule has 1 aromatic carbocycles. The number of nitrogens with two attached hydrogens (primary N) is 2. The van der Waals surface area contributed by atoms with E-state index in [1.54, 1.807) is 38.1 Å². The number of rotatable bonds is 7. The maximum atomic E-state index is 12.4. The van der Waals surface area contributed by atoms with Crippen molar-refractivity contribution in [3.05, 3.63) is 29.8 Å². The summed E-state index contributed by atoms with van der Waals surface area (Å²) in [6.45, 7) is 4.57. The minimum Gasteiger partial charge on any atom is -0.399 e. The van der Waals surface area contributed by atoms with Crippen molar-refractivity contribution in [1.82, 2.24) is 5.32 Å². The first-order valence-electron chi connectivity index (χ1n) is 7.06. The van der Waals surface area contributed by atoms with Crippen molar-refractivity contribution < 1.29 is 14.4 Å². The van der Waals surface area contributed by atoms with Gasteiger partial charge in [-0.15, -0.1) is 0 Å². The zero-order valence-corrected chi connectivity index (χ0v) is 13.2. The van der Waals surface area contributed by atoms with Gasteiger partial charge in [0.05, 0.1) is 11.5 Å². The highest BCUT2D eigenvalue weighted by Gasteiger charge is 2.31. The van der Waals surface area contributed by atoms with Gasteiger partial charge in [0.2, 0.25) is 11.8 Å². The lowest BCUT2D eigenvalue weighted by molar-refractivity contribution is -0.133. The lowest BCUT2D eigenvalue weighted by atomic mass is 9.84. The summed E-state index contributed by atoms with van der Waals surface area (Å²) in [7, 11) is 0. The highest BCUT2D eigenvalue weighted by molar-refractivity contribution is 5.93. The average molecular weight is 305 g/mol. The Bertz CT molecular complexity index is 565. The second-order valence-corrected chi connectivity index (χ2v) is 6.09. The van der Waals surface area contributed by atoms with Crippen molar-refractivity contribution in [1.29, 1.82) is 0 Å². The third-order valence-electron chi connectivity index (χ3n) is 3.47. The molecule has 0 unspecified atom stereocenters. The third-order valence-corrected chi connectivity index (χ3v) is 3.47. The van der Waals surface area contributed by atoms with Gasteiger partial charge in [-0.05, 0) is 24.1 Å². The number of ketones is 1. The van der Waals surface area contributed by atoms with Crippen LogP contribution in [0.5, 0.6) is 0 Å². The summed E-state index contributed by atoms with van der Waals surface area (Å²) >= 11 is 0. The Morgan fingerprint density at radius 3 is 2.18 bits per heavy atom. The number of nitrogens with one attached hydrogen (secondary N) is 1. The fourth-order valence-corrected chi connectivity index (χ4v) is 2.03. The van der Waals surface area contributed by atoms with E-state index in [-0.39, 0.29) is 18.1 Å². The molecule has 0 fully saturated rings. The average Bonchev–Trinajstić information content (AvgIpc) is 2.39. The van der Waals surface area contributed by atoms with Crippen LogP contribution in [-0.4, -0.2) is 23.6 Å². The number of nitrogen functional groups attached to an aromatic ring is 1. The topological polar surface area (TPSA) is 115 Å². The van der Waals surface area contributed by atoms with Crippen LogP contribution < -0.4 is 16.8 Å². The Morgan fingerprint density at radius 1 is 1.18 bits per heavy atom. The van der Waals surface area contributed by atoms with E-state index in [0.717, 1.165) is 5.56 Å². The lowest BCUT2D eigenvalue weighted by Crippen LogP contribution is -2.44. The number of primary amides is 1.